The topological polar surface area (TPSA) is 18.5 Å². The van der Waals surface area contributed by atoms with E-state index < -0.39 is 0 Å². The van der Waals surface area contributed by atoms with Gasteiger partial charge in [0.1, 0.15) is 6.10 Å². The molecule has 1 saturated heterocycles. The van der Waals surface area contributed by atoms with Crippen LogP contribution in [0.5, 0.6) is 0 Å². The van der Waals surface area contributed by atoms with Gasteiger partial charge in [-0.3, -0.25) is 0 Å². The maximum Gasteiger partial charge on any atom is 0.112 e. The van der Waals surface area contributed by atoms with Crippen molar-refractivity contribution in [3.63, 3.8) is 0 Å². The quantitative estimate of drug-likeness (QED) is 0.470. The zero-order chi connectivity index (χ0) is 7.40. The predicted molar refractivity (Wildman–Crippen MR) is 40.0 cm³/mol. The van der Waals surface area contributed by atoms with E-state index in [9.17, 15) is 0 Å². The molecule has 0 N–H and O–H groups in total. The summed E-state index contributed by atoms with van der Waals surface area (Å²) in [7, 11) is 0. The average Bonchev–Trinajstić information content (AvgIpc) is 2.38. The van der Waals surface area contributed by atoms with E-state index in [1.165, 1.54) is 0 Å². The molecule has 2 atom stereocenters. The van der Waals surface area contributed by atoms with Crippen molar-refractivity contribution in [1.82, 2.24) is 0 Å². The summed E-state index contributed by atoms with van der Waals surface area (Å²) in [5.41, 5.74) is 0. The molecular weight excluding hydrogens is 152 g/mol. The fourth-order valence-corrected chi connectivity index (χ4v) is 1.44. The molecule has 1 fully saturated rings. The molecule has 1 heterocycles. The molecule has 2 unspecified atom stereocenters. The fourth-order valence-electron chi connectivity index (χ4n) is 1.05. The normalized spacial score (nSPS) is 28.8. The third kappa shape index (κ3) is 2.11. The smallest absolute Gasteiger partial charge is 0.112 e. The first-order chi connectivity index (χ1) is 4.84. The predicted octanol–water partition coefficient (Wildman–Crippen LogP) is 2.11. The van der Waals surface area contributed by atoms with Crippen molar-refractivity contribution in [2.45, 2.75) is 37.7 Å². The lowest BCUT2D eigenvalue weighted by molar-refractivity contribution is -0.274. The summed E-state index contributed by atoms with van der Waals surface area (Å²) in [5.74, 6) is 0. The van der Waals surface area contributed by atoms with Crippen LogP contribution in [0.2, 0.25) is 0 Å². The second-order valence-corrected chi connectivity index (χ2v) is 3.11. The Bertz CT molecular complexity index is 91.6. The minimum Gasteiger partial charge on any atom is -0.236 e. The molecule has 0 radical (unpaired) electrons. The van der Waals surface area contributed by atoms with Crippen LogP contribution in [0.25, 0.3) is 0 Å². The zero-order valence-corrected chi connectivity index (χ0v) is 6.93. The van der Waals surface area contributed by atoms with Gasteiger partial charge in [0.15, 0.2) is 0 Å². The van der Waals surface area contributed by atoms with E-state index in [-0.39, 0.29) is 11.5 Å². The Balaban J connectivity index is 2.18. The summed E-state index contributed by atoms with van der Waals surface area (Å²) in [4.78, 5) is 9.68. The molecule has 3 heteroatoms. The van der Waals surface area contributed by atoms with Gasteiger partial charge in [-0.25, -0.2) is 9.78 Å². The number of rotatable bonds is 3. The molecule has 0 aliphatic carbocycles. The van der Waals surface area contributed by atoms with Crippen LogP contribution in [-0.2, 0) is 9.78 Å². The summed E-state index contributed by atoms with van der Waals surface area (Å²) >= 11 is 5.98. The Morgan fingerprint density at radius 3 is 3.00 bits per heavy atom. The van der Waals surface area contributed by atoms with Gasteiger partial charge >= 0.3 is 0 Å². The highest BCUT2D eigenvalue weighted by molar-refractivity contribution is 6.21. The van der Waals surface area contributed by atoms with Crippen molar-refractivity contribution in [3.8, 4) is 0 Å². The zero-order valence-electron chi connectivity index (χ0n) is 6.18. The van der Waals surface area contributed by atoms with Crippen molar-refractivity contribution in [3.05, 3.63) is 0 Å². The highest BCUT2D eigenvalue weighted by Crippen LogP contribution is 2.20. The highest BCUT2D eigenvalue weighted by atomic mass is 35.5. The molecule has 10 heavy (non-hydrogen) atoms. The molecular formula is C7H13ClO2. The first-order valence-electron chi connectivity index (χ1n) is 3.77. The second kappa shape index (κ2) is 4.16. The van der Waals surface area contributed by atoms with Crippen molar-refractivity contribution in [2.24, 2.45) is 0 Å². The van der Waals surface area contributed by atoms with E-state index in [2.05, 4.69) is 6.92 Å². The van der Waals surface area contributed by atoms with Gasteiger partial charge in [0.25, 0.3) is 0 Å². The molecule has 0 aromatic heterocycles. The first kappa shape index (κ1) is 8.31. The van der Waals surface area contributed by atoms with Crippen LogP contribution in [-0.4, -0.2) is 18.1 Å². The van der Waals surface area contributed by atoms with Crippen LogP contribution in [0, 0.1) is 0 Å². The minimum absolute atomic E-state index is 0.126. The maximum atomic E-state index is 5.98. The van der Waals surface area contributed by atoms with Crippen molar-refractivity contribution in [2.75, 3.05) is 6.61 Å². The van der Waals surface area contributed by atoms with Crippen molar-refractivity contribution >= 4 is 11.6 Å². The van der Waals surface area contributed by atoms with Gasteiger partial charge in [-0.1, -0.05) is 13.3 Å². The number of hydrogen-bond acceptors (Lipinski definition) is 2. The minimum atomic E-state index is 0.126. The molecule has 1 aliphatic rings. The monoisotopic (exact) mass is 164 g/mol. The summed E-state index contributed by atoms with van der Waals surface area (Å²) < 4.78 is 0. The van der Waals surface area contributed by atoms with Crippen molar-refractivity contribution < 1.29 is 9.78 Å². The molecule has 2 nitrogen and oxygen atoms in total. The fraction of sp³-hybridized carbons (Fsp3) is 1.00. The van der Waals surface area contributed by atoms with Crippen LogP contribution < -0.4 is 0 Å². The molecule has 0 saturated carbocycles. The van der Waals surface area contributed by atoms with Gasteiger partial charge in [0, 0.05) is 6.42 Å². The molecule has 0 aromatic carbocycles. The Labute approximate surface area is 66.4 Å². The second-order valence-electron chi connectivity index (χ2n) is 2.55. The summed E-state index contributed by atoms with van der Waals surface area (Å²) in [6.45, 7) is 2.81. The van der Waals surface area contributed by atoms with Crippen molar-refractivity contribution in [1.29, 1.82) is 0 Å². The van der Waals surface area contributed by atoms with Gasteiger partial charge in [-0.05, 0) is 6.42 Å². The first-order valence-corrected chi connectivity index (χ1v) is 4.20. The number of alkyl halides is 1. The molecule has 0 spiro atoms. The largest absolute Gasteiger partial charge is 0.236 e. The van der Waals surface area contributed by atoms with Gasteiger partial charge in [0.2, 0.25) is 0 Å². The van der Waals surface area contributed by atoms with E-state index >= 15 is 0 Å². The van der Waals surface area contributed by atoms with E-state index in [0.29, 0.717) is 6.61 Å². The molecule has 1 rings (SSSR count). The van der Waals surface area contributed by atoms with E-state index in [1.807, 2.05) is 0 Å². The van der Waals surface area contributed by atoms with Gasteiger partial charge in [-0.2, -0.15) is 0 Å². The van der Waals surface area contributed by atoms with Gasteiger partial charge < -0.3 is 0 Å². The third-order valence-electron chi connectivity index (χ3n) is 1.65. The van der Waals surface area contributed by atoms with Crippen LogP contribution in [0.1, 0.15) is 26.2 Å². The van der Waals surface area contributed by atoms with E-state index in [0.717, 1.165) is 19.3 Å². The summed E-state index contributed by atoms with van der Waals surface area (Å²) in [5, 5.41) is 0.132. The molecule has 0 aromatic rings. The van der Waals surface area contributed by atoms with E-state index in [4.69, 9.17) is 21.4 Å². The Morgan fingerprint density at radius 2 is 2.50 bits per heavy atom. The van der Waals surface area contributed by atoms with Crippen LogP contribution in [0.3, 0.4) is 0 Å². The van der Waals surface area contributed by atoms with Gasteiger partial charge in [0.05, 0.1) is 12.0 Å². The molecule has 1 aliphatic heterocycles. The van der Waals surface area contributed by atoms with Crippen LogP contribution in [0.15, 0.2) is 0 Å². The third-order valence-corrected chi connectivity index (χ3v) is 2.14. The lowest BCUT2D eigenvalue weighted by atomic mass is 10.1. The van der Waals surface area contributed by atoms with E-state index in [1.54, 1.807) is 0 Å². The lowest BCUT2D eigenvalue weighted by Crippen LogP contribution is -2.19. The number of halogens is 1. The summed E-state index contributed by atoms with van der Waals surface area (Å²) in [6.07, 6.45) is 3.18. The highest BCUT2D eigenvalue weighted by Gasteiger charge is 2.24. The molecule has 0 amide bonds. The molecule has 0 bridgehead atoms. The average molecular weight is 165 g/mol. The Morgan fingerprint density at radius 1 is 1.70 bits per heavy atom. The van der Waals surface area contributed by atoms with Crippen LogP contribution in [0.4, 0.5) is 0 Å². The SMILES string of the molecule is CCCC(Cl)C1CCOO1. The van der Waals surface area contributed by atoms with Crippen LogP contribution >= 0.6 is 11.6 Å². The Kier molecular flexibility index (Phi) is 3.46. The summed E-state index contributed by atoms with van der Waals surface area (Å²) in [6, 6.07) is 0. The number of hydrogen-bond donors (Lipinski definition) is 0. The van der Waals surface area contributed by atoms with Gasteiger partial charge in [-0.15, -0.1) is 11.6 Å². The Hall–Kier alpha value is 0.210. The standard InChI is InChI=1S/C7H13ClO2/c1-2-3-6(8)7-4-5-9-10-7/h6-7H,2-5H2,1H3. The molecule has 60 valence electrons. The lowest BCUT2D eigenvalue weighted by Gasteiger charge is -2.12. The maximum absolute atomic E-state index is 5.98.